The van der Waals surface area contributed by atoms with Crippen LogP contribution in [0.4, 0.5) is 21.9 Å². The summed E-state index contributed by atoms with van der Waals surface area (Å²) in [5.41, 5.74) is 2.66. The number of pyridine rings is 1. The first-order valence-corrected chi connectivity index (χ1v) is 12.6. The molecule has 2 aliphatic rings. The van der Waals surface area contributed by atoms with E-state index < -0.39 is 0 Å². The fraction of sp³-hybridized carbons (Fsp3) is 0.200. The maximum Gasteiger partial charge on any atom is 0.331 e. The lowest BCUT2D eigenvalue weighted by Gasteiger charge is -2.29. The molecule has 1 fully saturated rings. The van der Waals surface area contributed by atoms with E-state index in [1.165, 1.54) is 11.3 Å². The van der Waals surface area contributed by atoms with E-state index in [-0.39, 0.29) is 18.0 Å². The van der Waals surface area contributed by atoms with E-state index in [0.29, 0.717) is 38.4 Å². The highest BCUT2D eigenvalue weighted by Crippen LogP contribution is 2.46. The molecule has 1 atom stereocenters. The maximum atomic E-state index is 13.4. The van der Waals surface area contributed by atoms with Gasteiger partial charge in [0, 0.05) is 23.3 Å². The third-order valence-electron chi connectivity index (χ3n) is 6.24. The van der Waals surface area contributed by atoms with E-state index in [1.807, 2.05) is 19.1 Å². The number of rotatable bonds is 5. The third-order valence-corrected chi connectivity index (χ3v) is 7.83. The van der Waals surface area contributed by atoms with E-state index in [1.54, 1.807) is 41.6 Å². The second kappa shape index (κ2) is 8.92. The molecule has 0 bridgehead atoms. The topological polar surface area (TPSA) is 109 Å². The summed E-state index contributed by atoms with van der Waals surface area (Å²) in [4.78, 5) is 34.6. The molecule has 4 heterocycles. The summed E-state index contributed by atoms with van der Waals surface area (Å²) >= 11 is 6.66. The number of urea groups is 1. The van der Waals surface area contributed by atoms with Gasteiger partial charge in [-0.2, -0.15) is 5.10 Å². The zero-order chi connectivity index (χ0) is 24.8. The summed E-state index contributed by atoms with van der Waals surface area (Å²) in [6.07, 6.45) is 5.88. The van der Waals surface area contributed by atoms with Crippen molar-refractivity contribution in [2.75, 3.05) is 10.2 Å². The molecule has 6 rings (SSSR count). The van der Waals surface area contributed by atoms with Gasteiger partial charge in [0.05, 0.1) is 28.5 Å². The van der Waals surface area contributed by atoms with Crippen molar-refractivity contribution in [2.45, 2.75) is 32.2 Å². The van der Waals surface area contributed by atoms with Gasteiger partial charge in [-0.1, -0.05) is 12.2 Å². The Bertz CT molecular complexity index is 1540. The number of nitrogens with one attached hydrogen (secondary N) is 2. The van der Waals surface area contributed by atoms with E-state index in [4.69, 9.17) is 17.0 Å². The molecule has 9 nitrogen and oxygen atoms in total. The quantitative estimate of drug-likeness (QED) is 0.336. The summed E-state index contributed by atoms with van der Waals surface area (Å²) < 4.78 is 5.78. The van der Waals surface area contributed by atoms with Crippen LogP contribution in [0.1, 0.15) is 34.5 Å². The Balaban J connectivity index is 1.36. The minimum absolute atomic E-state index is 0.113. The van der Waals surface area contributed by atoms with Crippen LogP contribution in [0.3, 0.4) is 0 Å². The Morgan fingerprint density at radius 3 is 2.89 bits per heavy atom. The number of aryl methyl sites for hydroxylation is 1. The number of anilines is 3. The second-order valence-corrected chi connectivity index (χ2v) is 10.1. The molecule has 0 unspecified atom stereocenters. The van der Waals surface area contributed by atoms with Crippen LogP contribution in [-0.2, 0) is 0 Å². The fourth-order valence-corrected chi connectivity index (χ4v) is 5.92. The molecular weight excluding hydrogens is 496 g/mol. The Hall–Kier alpha value is -3.96. The molecule has 1 aliphatic carbocycles. The molecule has 180 valence electrons. The van der Waals surface area contributed by atoms with E-state index in [2.05, 4.69) is 25.8 Å². The first-order valence-electron chi connectivity index (χ1n) is 11.4. The van der Waals surface area contributed by atoms with E-state index in [9.17, 15) is 9.59 Å². The van der Waals surface area contributed by atoms with Crippen LogP contribution in [0, 0.1) is 6.92 Å². The summed E-state index contributed by atoms with van der Waals surface area (Å²) in [5, 5.41) is 14.5. The maximum absolute atomic E-state index is 13.4. The molecule has 1 aliphatic heterocycles. The average molecular weight is 517 g/mol. The van der Waals surface area contributed by atoms with Crippen LogP contribution in [0.15, 0.2) is 48.8 Å². The van der Waals surface area contributed by atoms with Crippen LogP contribution < -0.4 is 20.3 Å². The number of hydrogen-bond donors (Lipinski definition) is 2. The number of benzene rings is 1. The third kappa shape index (κ3) is 3.86. The lowest BCUT2D eigenvalue weighted by atomic mass is 10.1. The zero-order valence-electron chi connectivity index (χ0n) is 19.1. The van der Waals surface area contributed by atoms with Gasteiger partial charge in [-0.15, -0.1) is 16.4 Å². The highest BCUT2D eigenvalue weighted by Gasteiger charge is 2.34. The lowest BCUT2D eigenvalue weighted by Crippen LogP contribution is -2.38. The van der Waals surface area contributed by atoms with Crippen molar-refractivity contribution in [3.05, 3.63) is 59.2 Å². The molecule has 0 radical (unpaired) electrons. The van der Waals surface area contributed by atoms with Crippen molar-refractivity contribution in [3.8, 4) is 11.6 Å². The Morgan fingerprint density at radius 1 is 1.25 bits per heavy atom. The van der Waals surface area contributed by atoms with Gasteiger partial charge in [-0.3, -0.25) is 9.69 Å². The number of thiophene rings is 1. The number of ether oxygens (including phenoxy) is 1. The number of carbonyl (C=O) groups excluding carboxylic acids is 2. The highest BCUT2D eigenvalue weighted by atomic mass is 32.1. The van der Waals surface area contributed by atoms with Crippen molar-refractivity contribution in [3.63, 3.8) is 0 Å². The number of aromatic nitrogens is 3. The lowest BCUT2D eigenvalue weighted by molar-refractivity contribution is 0.0952. The van der Waals surface area contributed by atoms with Gasteiger partial charge >= 0.3 is 6.03 Å². The van der Waals surface area contributed by atoms with Gasteiger partial charge < -0.3 is 15.4 Å². The van der Waals surface area contributed by atoms with Crippen LogP contribution >= 0.6 is 23.6 Å². The number of thiocarbonyl (C=S) groups is 1. The van der Waals surface area contributed by atoms with Crippen molar-refractivity contribution < 1.29 is 14.3 Å². The molecule has 0 spiro atoms. The van der Waals surface area contributed by atoms with E-state index in [0.717, 1.165) is 35.1 Å². The van der Waals surface area contributed by atoms with Crippen LogP contribution in [0.5, 0.6) is 11.6 Å². The van der Waals surface area contributed by atoms with Gasteiger partial charge in [-0.25, -0.2) is 9.78 Å². The monoisotopic (exact) mass is 516 g/mol. The van der Waals surface area contributed by atoms with E-state index >= 15 is 0 Å². The molecule has 3 amide bonds. The van der Waals surface area contributed by atoms with Crippen molar-refractivity contribution >= 4 is 67.6 Å². The zero-order valence-corrected chi connectivity index (χ0v) is 20.8. The molecule has 0 saturated heterocycles. The van der Waals surface area contributed by atoms with Crippen molar-refractivity contribution in [2.24, 2.45) is 0 Å². The summed E-state index contributed by atoms with van der Waals surface area (Å²) in [6.45, 7) is 1.90. The number of nitrogens with zero attached hydrogens (tertiary/aromatic N) is 4. The van der Waals surface area contributed by atoms with Crippen LogP contribution in [0.25, 0.3) is 10.2 Å². The summed E-state index contributed by atoms with van der Waals surface area (Å²) in [6, 6.07) is 10.2. The molecule has 1 aromatic carbocycles. The van der Waals surface area contributed by atoms with Gasteiger partial charge in [-0.05, 0) is 62.1 Å². The molecule has 2 N–H and O–H groups in total. The largest absolute Gasteiger partial charge is 0.438 e. The van der Waals surface area contributed by atoms with Gasteiger partial charge in [0.2, 0.25) is 5.88 Å². The Morgan fingerprint density at radius 2 is 2.14 bits per heavy atom. The van der Waals surface area contributed by atoms with Gasteiger partial charge in [0.1, 0.15) is 15.5 Å². The summed E-state index contributed by atoms with van der Waals surface area (Å²) in [7, 11) is 0. The number of amides is 3. The molecular formula is C25H20N6O3S2. The number of carbonyl (C=O) groups is 2. The summed E-state index contributed by atoms with van der Waals surface area (Å²) in [5.74, 6) is 0.709. The predicted octanol–water partition coefficient (Wildman–Crippen LogP) is 5.52. The molecule has 3 aromatic heterocycles. The van der Waals surface area contributed by atoms with Gasteiger partial charge in [0.15, 0.2) is 0 Å². The first kappa shape index (κ1) is 22.5. The predicted molar refractivity (Wildman–Crippen MR) is 142 cm³/mol. The molecule has 4 aromatic rings. The molecule has 11 heteroatoms. The van der Waals surface area contributed by atoms with Crippen LogP contribution in [-0.4, -0.2) is 38.0 Å². The molecule has 1 saturated carbocycles. The minimum atomic E-state index is -0.357. The van der Waals surface area contributed by atoms with Gasteiger partial charge in [0.25, 0.3) is 5.91 Å². The highest BCUT2D eigenvalue weighted by molar-refractivity contribution is 7.80. The Kier molecular flexibility index (Phi) is 5.57. The van der Waals surface area contributed by atoms with Crippen molar-refractivity contribution in [1.29, 1.82) is 0 Å². The SMILES string of the molecule is Cc1cc(Oc2cccnn2)ccc1N1C(=O)Nc2c(C(=O)N[C@@H]3CCCC3=S)sc3nccc1c23. The molecule has 36 heavy (non-hydrogen) atoms. The Labute approximate surface area is 215 Å². The minimum Gasteiger partial charge on any atom is -0.438 e. The number of hydrogen-bond acceptors (Lipinski definition) is 8. The smallest absolute Gasteiger partial charge is 0.331 e. The standard InChI is InChI=1S/C25H20N6O3S2/c1-13-12-14(34-19-6-3-10-27-30-19)7-8-16(13)31-17-9-11-26-24-20(17)21(29-25(31)33)22(36-24)23(32)28-15-4-2-5-18(15)35/h3,6-12,15H,2,4-5H2,1H3,(H,28,32)(H,29,33)/t15-/m1/s1. The van der Waals surface area contributed by atoms with Crippen LogP contribution in [0.2, 0.25) is 0 Å². The first-order chi connectivity index (χ1) is 17.5. The fourth-order valence-electron chi connectivity index (χ4n) is 4.58. The second-order valence-electron chi connectivity index (χ2n) is 8.58. The van der Waals surface area contributed by atoms with Crippen molar-refractivity contribution in [1.82, 2.24) is 20.5 Å². The average Bonchev–Trinajstić information content (AvgIpc) is 3.45. The normalized spacial score (nSPS) is 16.8.